The van der Waals surface area contributed by atoms with Gasteiger partial charge in [-0.2, -0.15) is 0 Å². The van der Waals surface area contributed by atoms with Crippen LogP contribution in [0.15, 0.2) is 42.5 Å². The molecule has 0 aliphatic heterocycles. The van der Waals surface area contributed by atoms with Crippen molar-refractivity contribution in [3.05, 3.63) is 53.6 Å². The molecule has 1 unspecified atom stereocenters. The molecule has 1 aliphatic carbocycles. The van der Waals surface area contributed by atoms with E-state index in [0.29, 0.717) is 23.7 Å². The van der Waals surface area contributed by atoms with Gasteiger partial charge >= 0.3 is 0 Å². The monoisotopic (exact) mass is 413 g/mol. The summed E-state index contributed by atoms with van der Waals surface area (Å²) in [5.41, 5.74) is 7.49. The molecule has 30 heavy (non-hydrogen) atoms. The molecule has 1 saturated carbocycles. The lowest BCUT2D eigenvalue weighted by atomic mass is 10.00. The summed E-state index contributed by atoms with van der Waals surface area (Å²) in [5, 5.41) is 2.95. The average molecular weight is 414 g/mol. The van der Waals surface area contributed by atoms with Crippen LogP contribution in [0.4, 0.5) is 16.0 Å². The summed E-state index contributed by atoms with van der Waals surface area (Å²) in [4.78, 5) is 21.7. The lowest BCUT2D eigenvalue weighted by Gasteiger charge is -2.25. The minimum absolute atomic E-state index is 0.272. The fraction of sp³-hybridized carbons (Fsp3) is 0.478. The molecule has 162 valence electrons. The van der Waals surface area contributed by atoms with Gasteiger partial charge in [-0.05, 0) is 42.9 Å². The summed E-state index contributed by atoms with van der Waals surface area (Å²) < 4.78 is 13.4. The molecule has 2 atom stereocenters. The van der Waals surface area contributed by atoms with E-state index in [1.54, 1.807) is 12.1 Å². The first-order chi connectivity index (χ1) is 14.4. The van der Waals surface area contributed by atoms with Crippen molar-refractivity contribution >= 4 is 17.5 Å². The number of halogens is 1. The lowest BCUT2D eigenvalue weighted by molar-refractivity contribution is 0.0928. The van der Waals surface area contributed by atoms with Crippen LogP contribution < -0.4 is 20.9 Å². The molecule has 2 aromatic rings. The maximum Gasteiger partial charge on any atom is 0.251 e. The zero-order valence-corrected chi connectivity index (χ0v) is 18.0. The molecule has 3 rings (SSSR count). The fourth-order valence-corrected chi connectivity index (χ4v) is 3.38. The Bertz CT molecular complexity index is 841. The third kappa shape index (κ3) is 5.92. The Labute approximate surface area is 178 Å². The summed E-state index contributed by atoms with van der Waals surface area (Å²) in [7, 11) is 5.79. The Kier molecular flexibility index (Phi) is 7.26. The van der Waals surface area contributed by atoms with Crippen molar-refractivity contribution in [2.45, 2.75) is 31.3 Å². The summed E-state index contributed by atoms with van der Waals surface area (Å²) in [6.45, 7) is 0.223. The SMILES string of the molecule is CN(C)c1cc(C(=O)N[C@@H](Cc2ccccc2)C(N)CF)cc(N(C)CC2CC2)n1. The van der Waals surface area contributed by atoms with Crippen molar-refractivity contribution in [2.75, 3.05) is 44.2 Å². The zero-order valence-electron chi connectivity index (χ0n) is 18.0. The van der Waals surface area contributed by atoms with Crippen LogP contribution in [0, 0.1) is 5.92 Å². The zero-order chi connectivity index (χ0) is 21.7. The second-order valence-electron chi connectivity index (χ2n) is 8.38. The highest BCUT2D eigenvalue weighted by atomic mass is 19.1. The van der Waals surface area contributed by atoms with Gasteiger partial charge in [-0.1, -0.05) is 30.3 Å². The van der Waals surface area contributed by atoms with Crippen LogP contribution in [-0.2, 0) is 6.42 Å². The highest BCUT2D eigenvalue weighted by Gasteiger charge is 2.25. The number of anilines is 2. The summed E-state index contributed by atoms with van der Waals surface area (Å²) in [6.07, 6.45) is 2.96. The molecule has 0 radical (unpaired) electrons. The summed E-state index contributed by atoms with van der Waals surface area (Å²) in [5.74, 6) is 1.89. The first kappa shape index (κ1) is 22.0. The molecule has 1 aromatic heterocycles. The molecule has 0 spiro atoms. The molecule has 1 amide bonds. The number of benzene rings is 1. The van der Waals surface area contributed by atoms with Crippen molar-refractivity contribution in [3.63, 3.8) is 0 Å². The van der Waals surface area contributed by atoms with E-state index in [1.165, 1.54) is 12.8 Å². The fourth-order valence-electron chi connectivity index (χ4n) is 3.38. The average Bonchev–Trinajstić information content (AvgIpc) is 3.56. The van der Waals surface area contributed by atoms with E-state index in [4.69, 9.17) is 5.73 Å². The van der Waals surface area contributed by atoms with E-state index in [1.807, 2.05) is 56.4 Å². The molecule has 1 aliphatic rings. The Balaban J connectivity index is 1.81. The van der Waals surface area contributed by atoms with Gasteiger partial charge in [-0.25, -0.2) is 9.37 Å². The predicted molar refractivity (Wildman–Crippen MR) is 120 cm³/mol. The number of rotatable bonds is 10. The molecule has 6 nitrogen and oxygen atoms in total. The molecule has 0 bridgehead atoms. The highest BCUT2D eigenvalue weighted by molar-refractivity contribution is 5.96. The highest BCUT2D eigenvalue weighted by Crippen LogP contribution is 2.31. The largest absolute Gasteiger partial charge is 0.363 e. The Hall–Kier alpha value is -2.67. The van der Waals surface area contributed by atoms with Crippen LogP contribution >= 0.6 is 0 Å². The minimum atomic E-state index is -0.777. The van der Waals surface area contributed by atoms with Gasteiger partial charge in [0.05, 0.1) is 12.1 Å². The number of hydrogen-bond donors (Lipinski definition) is 2. The number of carbonyl (C=O) groups excluding carboxylic acids is 1. The molecule has 7 heteroatoms. The first-order valence-corrected chi connectivity index (χ1v) is 10.4. The molecule has 0 saturated heterocycles. The van der Waals surface area contributed by atoms with Gasteiger partial charge in [0.15, 0.2) is 0 Å². The quantitative estimate of drug-likeness (QED) is 0.626. The minimum Gasteiger partial charge on any atom is -0.363 e. The Morgan fingerprint density at radius 3 is 2.47 bits per heavy atom. The van der Waals surface area contributed by atoms with Crippen molar-refractivity contribution in [1.82, 2.24) is 10.3 Å². The smallest absolute Gasteiger partial charge is 0.251 e. The lowest BCUT2D eigenvalue weighted by Crippen LogP contribution is -2.50. The van der Waals surface area contributed by atoms with Gasteiger partial charge < -0.3 is 20.9 Å². The Morgan fingerprint density at radius 2 is 1.87 bits per heavy atom. The van der Waals surface area contributed by atoms with E-state index in [-0.39, 0.29) is 5.91 Å². The van der Waals surface area contributed by atoms with Crippen LogP contribution in [0.3, 0.4) is 0 Å². The standard InChI is InChI=1S/C23H32FN5O/c1-28(2)21-12-18(13-22(27-21)29(3)15-17-9-10-17)23(30)26-20(19(25)14-24)11-16-7-5-4-6-8-16/h4-8,12-13,17,19-20H,9-11,14-15,25H2,1-3H3,(H,26,30)/t19?,20-/m0/s1. The number of amides is 1. The van der Waals surface area contributed by atoms with Crippen LogP contribution in [-0.4, -0.2) is 57.3 Å². The van der Waals surface area contributed by atoms with Gasteiger partial charge in [0.2, 0.25) is 0 Å². The van der Waals surface area contributed by atoms with Gasteiger partial charge in [0, 0.05) is 33.3 Å². The number of nitrogens with one attached hydrogen (secondary N) is 1. The number of aromatic nitrogens is 1. The van der Waals surface area contributed by atoms with Crippen LogP contribution in [0.5, 0.6) is 0 Å². The Morgan fingerprint density at radius 1 is 1.20 bits per heavy atom. The van der Waals surface area contributed by atoms with E-state index in [9.17, 15) is 9.18 Å². The van der Waals surface area contributed by atoms with Crippen molar-refractivity contribution in [2.24, 2.45) is 11.7 Å². The van der Waals surface area contributed by atoms with Crippen LogP contribution in [0.25, 0.3) is 0 Å². The number of carbonyl (C=O) groups is 1. The molecular formula is C23H32FN5O. The summed E-state index contributed by atoms with van der Waals surface area (Å²) in [6, 6.07) is 11.9. The number of hydrogen-bond acceptors (Lipinski definition) is 5. The maximum absolute atomic E-state index is 13.4. The van der Waals surface area contributed by atoms with Gasteiger partial charge in [-0.15, -0.1) is 0 Å². The molecule has 1 fully saturated rings. The topological polar surface area (TPSA) is 74.5 Å². The summed E-state index contributed by atoms with van der Waals surface area (Å²) >= 11 is 0. The molecule has 3 N–H and O–H groups in total. The maximum atomic E-state index is 13.4. The third-order valence-electron chi connectivity index (χ3n) is 5.45. The first-order valence-electron chi connectivity index (χ1n) is 10.4. The number of nitrogens with zero attached hydrogens (tertiary/aromatic N) is 3. The normalized spacial score (nSPS) is 15.4. The van der Waals surface area contributed by atoms with Gasteiger partial charge in [0.25, 0.3) is 5.91 Å². The van der Waals surface area contributed by atoms with E-state index < -0.39 is 18.8 Å². The van der Waals surface area contributed by atoms with Crippen molar-refractivity contribution < 1.29 is 9.18 Å². The van der Waals surface area contributed by atoms with Crippen LogP contribution in [0.2, 0.25) is 0 Å². The number of nitrogens with two attached hydrogens (primary N) is 1. The second kappa shape index (κ2) is 9.89. The number of pyridine rings is 1. The van der Waals surface area contributed by atoms with Gasteiger partial charge in [0.1, 0.15) is 18.3 Å². The van der Waals surface area contributed by atoms with E-state index in [2.05, 4.69) is 15.2 Å². The second-order valence-corrected chi connectivity index (χ2v) is 8.38. The van der Waals surface area contributed by atoms with Crippen LogP contribution in [0.1, 0.15) is 28.8 Å². The molecule has 1 heterocycles. The van der Waals surface area contributed by atoms with Crippen molar-refractivity contribution in [1.29, 1.82) is 0 Å². The van der Waals surface area contributed by atoms with Crippen molar-refractivity contribution in [3.8, 4) is 0 Å². The van der Waals surface area contributed by atoms with Gasteiger partial charge in [-0.3, -0.25) is 4.79 Å². The predicted octanol–water partition coefficient (Wildman–Crippen LogP) is 2.63. The van der Waals surface area contributed by atoms with E-state index in [0.717, 1.165) is 17.9 Å². The van der Waals surface area contributed by atoms with E-state index >= 15 is 0 Å². The molecule has 1 aromatic carbocycles. The number of alkyl halides is 1. The third-order valence-corrected chi connectivity index (χ3v) is 5.45. The molecular weight excluding hydrogens is 381 g/mol.